The number of carbonyl (C=O) groups excluding carboxylic acids is 1. The van der Waals surface area contributed by atoms with E-state index in [1.54, 1.807) is 49.7 Å². The van der Waals surface area contributed by atoms with Crippen molar-refractivity contribution in [3.05, 3.63) is 54.7 Å². The Bertz CT molecular complexity index is 1230. The number of pyridine rings is 1. The SMILES string of the molecule is COc1ccc(OC)c(NC(=O)C2CCN(S(=O)(=O)c3cccc4cccnc34)CC2)c1. The number of ether oxygens (including phenoxy) is 2. The largest absolute Gasteiger partial charge is 0.497 e. The molecule has 9 heteroatoms. The van der Waals surface area contributed by atoms with Gasteiger partial charge in [0.25, 0.3) is 0 Å². The zero-order valence-corrected chi connectivity index (χ0v) is 18.8. The van der Waals surface area contributed by atoms with Crippen LogP contribution in [0, 0.1) is 5.92 Å². The number of nitrogens with zero attached hydrogens (tertiary/aromatic N) is 2. The van der Waals surface area contributed by atoms with Crippen LogP contribution in [0.4, 0.5) is 5.69 Å². The lowest BCUT2D eigenvalue weighted by Crippen LogP contribution is -2.41. The third-order valence-corrected chi connectivity index (χ3v) is 7.63. The number of sulfonamides is 1. The second-order valence-electron chi connectivity index (χ2n) is 7.57. The number of hydrogen-bond acceptors (Lipinski definition) is 6. The molecule has 0 aliphatic carbocycles. The number of para-hydroxylation sites is 1. The summed E-state index contributed by atoms with van der Waals surface area (Å²) in [5.74, 6) is 0.664. The van der Waals surface area contributed by atoms with Crippen LogP contribution in [0.1, 0.15) is 12.8 Å². The number of aromatic nitrogens is 1. The van der Waals surface area contributed by atoms with Gasteiger partial charge in [0.1, 0.15) is 16.4 Å². The highest BCUT2D eigenvalue weighted by Gasteiger charge is 2.33. The number of fused-ring (bicyclic) bond motifs is 1. The Labute approximate surface area is 187 Å². The monoisotopic (exact) mass is 455 g/mol. The lowest BCUT2D eigenvalue weighted by molar-refractivity contribution is -0.120. The zero-order chi connectivity index (χ0) is 22.7. The number of amides is 1. The lowest BCUT2D eigenvalue weighted by atomic mass is 9.97. The minimum atomic E-state index is -3.71. The summed E-state index contributed by atoms with van der Waals surface area (Å²) in [6.07, 6.45) is 2.44. The number of anilines is 1. The lowest BCUT2D eigenvalue weighted by Gasteiger charge is -2.30. The molecule has 1 aliphatic rings. The van der Waals surface area contributed by atoms with E-state index in [2.05, 4.69) is 10.3 Å². The van der Waals surface area contributed by atoms with E-state index < -0.39 is 10.0 Å². The van der Waals surface area contributed by atoms with Crippen LogP contribution in [-0.4, -0.2) is 50.9 Å². The normalized spacial score (nSPS) is 15.4. The maximum absolute atomic E-state index is 13.3. The van der Waals surface area contributed by atoms with Gasteiger partial charge in [0.15, 0.2) is 0 Å². The van der Waals surface area contributed by atoms with Gasteiger partial charge in [0.2, 0.25) is 15.9 Å². The molecule has 8 nitrogen and oxygen atoms in total. The molecule has 3 aromatic rings. The number of carbonyl (C=O) groups is 1. The van der Waals surface area contributed by atoms with E-state index in [1.807, 2.05) is 12.1 Å². The predicted octanol–water partition coefficient (Wildman–Crippen LogP) is 3.29. The predicted molar refractivity (Wildman–Crippen MR) is 121 cm³/mol. The smallest absolute Gasteiger partial charge is 0.245 e. The fourth-order valence-corrected chi connectivity index (χ4v) is 5.56. The van der Waals surface area contributed by atoms with E-state index in [-0.39, 0.29) is 29.8 Å². The maximum atomic E-state index is 13.3. The number of rotatable bonds is 6. The zero-order valence-electron chi connectivity index (χ0n) is 17.9. The second kappa shape index (κ2) is 9.13. The summed E-state index contributed by atoms with van der Waals surface area (Å²) in [6, 6.07) is 13.9. The molecule has 168 valence electrons. The van der Waals surface area contributed by atoms with Crippen molar-refractivity contribution in [1.82, 2.24) is 9.29 Å². The molecule has 4 rings (SSSR count). The first-order valence-corrected chi connectivity index (χ1v) is 11.7. The van der Waals surface area contributed by atoms with Gasteiger partial charge in [-0.05, 0) is 37.1 Å². The van der Waals surface area contributed by atoms with Crippen molar-refractivity contribution < 1.29 is 22.7 Å². The number of nitrogens with one attached hydrogen (secondary N) is 1. The number of methoxy groups -OCH3 is 2. The molecule has 2 heterocycles. The fraction of sp³-hybridized carbons (Fsp3) is 0.304. The Balaban J connectivity index is 1.46. The van der Waals surface area contributed by atoms with Crippen LogP contribution in [0.15, 0.2) is 59.6 Å². The van der Waals surface area contributed by atoms with Crippen molar-refractivity contribution in [3.63, 3.8) is 0 Å². The van der Waals surface area contributed by atoms with Gasteiger partial charge < -0.3 is 14.8 Å². The Kier molecular flexibility index (Phi) is 6.29. The molecule has 0 atom stereocenters. The quantitative estimate of drug-likeness (QED) is 0.613. The molecule has 0 radical (unpaired) electrons. The van der Waals surface area contributed by atoms with E-state index in [9.17, 15) is 13.2 Å². The van der Waals surface area contributed by atoms with Crippen molar-refractivity contribution in [2.75, 3.05) is 32.6 Å². The number of piperidine rings is 1. The van der Waals surface area contributed by atoms with Gasteiger partial charge in [-0.2, -0.15) is 4.31 Å². The summed E-state index contributed by atoms with van der Waals surface area (Å²) < 4.78 is 38.5. The summed E-state index contributed by atoms with van der Waals surface area (Å²) >= 11 is 0. The van der Waals surface area contributed by atoms with Gasteiger partial charge in [0, 0.05) is 36.7 Å². The molecule has 1 saturated heterocycles. The first-order valence-electron chi connectivity index (χ1n) is 10.3. The molecule has 1 aromatic heterocycles. The molecular weight excluding hydrogens is 430 g/mol. The molecular formula is C23H25N3O5S. The topological polar surface area (TPSA) is 97.8 Å². The van der Waals surface area contributed by atoms with Crippen molar-refractivity contribution in [2.45, 2.75) is 17.7 Å². The highest BCUT2D eigenvalue weighted by molar-refractivity contribution is 7.89. The van der Waals surface area contributed by atoms with E-state index in [1.165, 1.54) is 11.4 Å². The number of benzene rings is 2. The Hall–Kier alpha value is -3.17. The van der Waals surface area contributed by atoms with Crippen LogP contribution in [0.25, 0.3) is 10.9 Å². The van der Waals surface area contributed by atoms with Crippen LogP contribution in [0.5, 0.6) is 11.5 Å². The minimum absolute atomic E-state index is 0.166. The van der Waals surface area contributed by atoms with Crippen molar-refractivity contribution in [1.29, 1.82) is 0 Å². The van der Waals surface area contributed by atoms with Crippen LogP contribution in [0.2, 0.25) is 0 Å². The standard InChI is InChI=1S/C23H25N3O5S/c1-30-18-8-9-20(31-2)19(15-18)25-23(27)17-10-13-26(14-11-17)32(28,29)21-7-3-5-16-6-4-12-24-22(16)21/h3-9,12,15,17H,10-11,13-14H2,1-2H3,(H,25,27). The first-order chi connectivity index (χ1) is 15.4. The fourth-order valence-electron chi connectivity index (χ4n) is 3.93. The Morgan fingerprint density at radius 3 is 2.53 bits per heavy atom. The summed E-state index contributed by atoms with van der Waals surface area (Å²) in [7, 11) is -0.632. The van der Waals surface area contributed by atoms with E-state index >= 15 is 0 Å². The number of hydrogen-bond donors (Lipinski definition) is 1. The molecule has 1 aliphatic heterocycles. The summed E-state index contributed by atoms with van der Waals surface area (Å²) in [5, 5.41) is 3.67. The minimum Gasteiger partial charge on any atom is -0.497 e. The van der Waals surface area contributed by atoms with Gasteiger partial charge in [-0.25, -0.2) is 8.42 Å². The molecule has 0 unspecified atom stereocenters. The maximum Gasteiger partial charge on any atom is 0.245 e. The third kappa shape index (κ3) is 4.26. The van der Waals surface area contributed by atoms with Gasteiger partial charge >= 0.3 is 0 Å². The molecule has 0 spiro atoms. The van der Waals surface area contributed by atoms with Crippen molar-refractivity contribution in [3.8, 4) is 11.5 Å². The van der Waals surface area contributed by atoms with E-state index in [0.717, 1.165) is 5.39 Å². The molecule has 1 fully saturated rings. The van der Waals surface area contributed by atoms with E-state index in [4.69, 9.17) is 9.47 Å². The highest BCUT2D eigenvalue weighted by Crippen LogP contribution is 2.31. The summed E-state index contributed by atoms with van der Waals surface area (Å²) in [6.45, 7) is 0.526. The third-order valence-electron chi connectivity index (χ3n) is 5.70. The van der Waals surface area contributed by atoms with Crippen molar-refractivity contribution in [2.24, 2.45) is 5.92 Å². The molecule has 1 amide bonds. The first kappa shape index (κ1) is 22.0. The van der Waals surface area contributed by atoms with Gasteiger partial charge in [0.05, 0.1) is 25.4 Å². The van der Waals surface area contributed by atoms with Crippen LogP contribution in [0.3, 0.4) is 0 Å². The van der Waals surface area contributed by atoms with E-state index in [0.29, 0.717) is 35.5 Å². The molecule has 2 aromatic carbocycles. The molecule has 1 N–H and O–H groups in total. The average Bonchev–Trinajstić information content (AvgIpc) is 2.83. The second-order valence-corrected chi connectivity index (χ2v) is 9.47. The summed E-state index contributed by atoms with van der Waals surface area (Å²) in [5.41, 5.74) is 0.980. The van der Waals surface area contributed by atoms with Gasteiger partial charge in [-0.15, -0.1) is 0 Å². The van der Waals surface area contributed by atoms with Crippen molar-refractivity contribution >= 4 is 32.5 Å². The Morgan fingerprint density at radius 2 is 1.81 bits per heavy atom. The molecule has 32 heavy (non-hydrogen) atoms. The molecule has 0 bridgehead atoms. The van der Waals surface area contributed by atoms with Gasteiger partial charge in [-0.1, -0.05) is 18.2 Å². The van der Waals surface area contributed by atoms with Gasteiger partial charge in [-0.3, -0.25) is 9.78 Å². The summed E-state index contributed by atoms with van der Waals surface area (Å²) in [4.78, 5) is 17.3. The molecule has 0 saturated carbocycles. The Morgan fingerprint density at radius 1 is 1.06 bits per heavy atom. The van der Waals surface area contributed by atoms with Crippen LogP contribution in [-0.2, 0) is 14.8 Å². The van der Waals surface area contributed by atoms with Crippen LogP contribution < -0.4 is 14.8 Å². The average molecular weight is 456 g/mol. The highest BCUT2D eigenvalue weighted by atomic mass is 32.2. The van der Waals surface area contributed by atoms with Crippen LogP contribution >= 0.6 is 0 Å².